The molecule has 2 aromatic rings. The second kappa shape index (κ2) is 13.7. The number of nitrogens with two attached hydrogens (primary N) is 1. The van der Waals surface area contributed by atoms with Crippen LogP contribution in [0.1, 0.15) is 84.1 Å². The Labute approximate surface area is 293 Å². The van der Waals surface area contributed by atoms with Crippen molar-refractivity contribution in [2.24, 2.45) is 11.7 Å². The standard InChI is InChI=1S/C36H49N5O8S/c1-21(2)48-30-18-29(25-13-14-28(47-5)22(3)31(25)38-30)49-24-17-27-32(42)39-36(34(44)40-50(45,46)35(4)15-16-35)19-23(36)11-9-7-6-8-10-12-26(37)33(43)41(27)20-24/h9,11,13-14,18,21,23-24,26-27H,6-8,10,12,15-17,19-20,37H2,1-5H3,(H,39,42)(H,40,44). The van der Waals surface area contributed by atoms with Gasteiger partial charge in [0, 0.05) is 29.4 Å². The van der Waals surface area contributed by atoms with E-state index in [1.165, 1.54) is 4.90 Å². The number of carbonyl (C=O) groups excluding carboxylic acids is 3. The highest BCUT2D eigenvalue weighted by atomic mass is 32.2. The van der Waals surface area contributed by atoms with Gasteiger partial charge in [-0.15, -0.1) is 0 Å². The minimum atomic E-state index is -3.94. The van der Waals surface area contributed by atoms with Crippen molar-refractivity contribution in [3.63, 3.8) is 0 Å². The number of fused-ring (bicyclic) bond motifs is 3. The highest BCUT2D eigenvalue weighted by Gasteiger charge is 2.63. The van der Waals surface area contributed by atoms with E-state index >= 15 is 0 Å². The first kappa shape index (κ1) is 35.9. The zero-order chi connectivity index (χ0) is 36.0. The number of sulfonamides is 1. The van der Waals surface area contributed by atoms with E-state index in [2.05, 4.69) is 10.0 Å². The Bertz CT molecular complexity index is 1810. The largest absolute Gasteiger partial charge is 0.496 e. The normalized spacial score (nSPS) is 28.2. The fourth-order valence-corrected chi connectivity index (χ4v) is 8.31. The predicted octanol–water partition coefficient (Wildman–Crippen LogP) is 3.41. The lowest BCUT2D eigenvalue weighted by Gasteiger charge is -2.28. The maximum absolute atomic E-state index is 14.2. The second-order valence-corrected chi connectivity index (χ2v) is 16.9. The molecular formula is C36H49N5O8S. The molecular weight excluding hydrogens is 662 g/mol. The molecule has 0 radical (unpaired) electrons. The van der Waals surface area contributed by atoms with Crippen molar-refractivity contribution in [3.8, 4) is 17.4 Å². The lowest BCUT2D eigenvalue weighted by molar-refractivity contribution is -0.140. The number of hydrogen-bond donors (Lipinski definition) is 3. The SMILES string of the molecule is COc1ccc2c(OC3CC4C(=O)NC5(C(=O)NS(=O)(=O)C6(C)CC6)CC5C=CCCCCCC(N)C(=O)N4C3)cc(OC(C)C)nc2c1C. The summed E-state index contributed by atoms with van der Waals surface area (Å²) in [5.74, 6) is -0.584. The molecule has 3 heterocycles. The summed E-state index contributed by atoms with van der Waals surface area (Å²) < 4.78 is 45.5. The van der Waals surface area contributed by atoms with E-state index in [4.69, 9.17) is 24.9 Å². The van der Waals surface area contributed by atoms with E-state index in [9.17, 15) is 22.8 Å². The number of pyridine rings is 1. The average molecular weight is 712 g/mol. The summed E-state index contributed by atoms with van der Waals surface area (Å²) >= 11 is 0. The minimum absolute atomic E-state index is 0.0825. The Balaban J connectivity index is 1.31. The number of benzene rings is 1. The van der Waals surface area contributed by atoms with Crippen molar-refractivity contribution in [1.82, 2.24) is 19.9 Å². The van der Waals surface area contributed by atoms with Crippen LogP contribution in [-0.2, 0) is 24.4 Å². The molecule has 14 heteroatoms. The van der Waals surface area contributed by atoms with Gasteiger partial charge in [0.1, 0.15) is 29.2 Å². The first-order chi connectivity index (χ1) is 23.7. The number of hydrogen-bond acceptors (Lipinski definition) is 10. The smallest absolute Gasteiger partial charge is 0.259 e. The van der Waals surface area contributed by atoms with Crippen LogP contribution in [0.4, 0.5) is 0 Å². The molecule has 0 bridgehead atoms. The fraction of sp³-hybridized carbons (Fsp3) is 0.611. The maximum atomic E-state index is 14.2. The number of allylic oxidation sites excluding steroid dienone is 1. The van der Waals surface area contributed by atoms with Crippen molar-refractivity contribution in [3.05, 3.63) is 35.9 Å². The molecule has 13 nitrogen and oxygen atoms in total. The zero-order valence-corrected chi connectivity index (χ0v) is 30.3. The topological polar surface area (TPSA) is 179 Å². The van der Waals surface area contributed by atoms with E-state index in [1.54, 1.807) is 20.1 Å². The third-order valence-corrected chi connectivity index (χ3v) is 12.7. The molecule has 50 heavy (non-hydrogen) atoms. The van der Waals surface area contributed by atoms with Crippen molar-refractivity contribution in [1.29, 1.82) is 0 Å². The number of aryl methyl sites for hydroxylation is 1. The predicted molar refractivity (Wildman–Crippen MR) is 187 cm³/mol. The number of aromatic nitrogens is 1. The van der Waals surface area contributed by atoms with E-state index in [0.29, 0.717) is 47.5 Å². The van der Waals surface area contributed by atoms with Gasteiger partial charge >= 0.3 is 0 Å². The van der Waals surface area contributed by atoms with Gasteiger partial charge in [-0.1, -0.05) is 25.0 Å². The summed E-state index contributed by atoms with van der Waals surface area (Å²) in [6, 6.07) is 3.57. The molecule has 3 amide bonds. The number of methoxy groups -OCH3 is 1. The minimum Gasteiger partial charge on any atom is -0.496 e. The molecule has 1 aromatic carbocycles. The Morgan fingerprint density at radius 2 is 1.92 bits per heavy atom. The maximum Gasteiger partial charge on any atom is 0.259 e. The van der Waals surface area contributed by atoms with Crippen LogP contribution in [-0.4, -0.2) is 84.3 Å². The molecule has 2 aliphatic heterocycles. The molecule has 2 aliphatic carbocycles. The van der Waals surface area contributed by atoms with Crippen molar-refractivity contribution in [2.45, 2.75) is 120 Å². The van der Waals surface area contributed by atoms with E-state index in [-0.39, 0.29) is 37.3 Å². The Morgan fingerprint density at radius 3 is 2.62 bits per heavy atom. The molecule has 5 atom stereocenters. The van der Waals surface area contributed by atoms with Crippen molar-refractivity contribution >= 4 is 38.6 Å². The van der Waals surface area contributed by atoms with Gasteiger partial charge in [-0.25, -0.2) is 13.4 Å². The highest BCUT2D eigenvalue weighted by molar-refractivity contribution is 7.91. The van der Waals surface area contributed by atoms with Gasteiger partial charge in [0.05, 0.1) is 36.1 Å². The summed E-state index contributed by atoms with van der Waals surface area (Å²) in [7, 11) is -2.35. The Kier molecular flexibility index (Phi) is 9.81. The Hall–Kier alpha value is -3.91. The van der Waals surface area contributed by atoms with Crippen molar-refractivity contribution < 1.29 is 37.0 Å². The van der Waals surface area contributed by atoms with Crippen LogP contribution in [0.25, 0.3) is 10.9 Å². The fourth-order valence-electron chi connectivity index (χ4n) is 7.00. The molecule has 4 aliphatic rings. The summed E-state index contributed by atoms with van der Waals surface area (Å²) in [5, 5.41) is 3.62. The highest BCUT2D eigenvalue weighted by Crippen LogP contribution is 2.47. The average Bonchev–Trinajstić information content (AvgIpc) is 3.94. The number of carbonyl (C=O) groups is 3. The number of rotatable bonds is 8. The molecule has 0 spiro atoms. The van der Waals surface area contributed by atoms with Crippen LogP contribution in [0, 0.1) is 12.8 Å². The van der Waals surface area contributed by atoms with Crippen LogP contribution < -0.4 is 30.0 Å². The van der Waals surface area contributed by atoms with Crippen LogP contribution >= 0.6 is 0 Å². The number of nitrogens with one attached hydrogen (secondary N) is 2. The lowest BCUT2D eigenvalue weighted by Crippen LogP contribution is -2.58. The molecule has 1 saturated heterocycles. The number of nitrogens with zero attached hydrogens (tertiary/aromatic N) is 2. The van der Waals surface area contributed by atoms with Crippen LogP contribution in [0.5, 0.6) is 17.4 Å². The first-order valence-corrected chi connectivity index (χ1v) is 19.1. The number of amides is 3. The van der Waals surface area contributed by atoms with Gasteiger partial charge in [-0.2, -0.15) is 0 Å². The summed E-state index contributed by atoms with van der Waals surface area (Å²) in [6.45, 7) is 7.38. The third kappa shape index (κ3) is 7.01. The van der Waals surface area contributed by atoms with Gasteiger partial charge in [0.2, 0.25) is 27.7 Å². The number of ether oxygens (including phenoxy) is 3. The monoisotopic (exact) mass is 711 g/mol. The second-order valence-electron chi connectivity index (χ2n) is 14.7. The molecule has 6 rings (SSSR count). The van der Waals surface area contributed by atoms with Crippen LogP contribution in [0.3, 0.4) is 0 Å². The summed E-state index contributed by atoms with van der Waals surface area (Å²) in [5.41, 5.74) is 6.41. The molecule has 3 fully saturated rings. The molecule has 2 saturated carbocycles. The van der Waals surface area contributed by atoms with Crippen molar-refractivity contribution in [2.75, 3.05) is 13.7 Å². The summed E-state index contributed by atoms with van der Waals surface area (Å²) in [4.78, 5) is 48.0. The molecule has 4 N–H and O–H groups in total. The van der Waals surface area contributed by atoms with Gasteiger partial charge in [0.25, 0.3) is 5.91 Å². The van der Waals surface area contributed by atoms with Gasteiger partial charge in [-0.3, -0.25) is 19.1 Å². The van der Waals surface area contributed by atoms with E-state index < -0.39 is 50.3 Å². The third-order valence-electron chi connectivity index (χ3n) is 10.5. The Morgan fingerprint density at radius 1 is 1.16 bits per heavy atom. The van der Waals surface area contributed by atoms with Crippen LogP contribution in [0.2, 0.25) is 0 Å². The van der Waals surface area contributed by atoms with E-state index in [1.807, 2.05) is 45.1 Å². The zero-order valence-electron chi connectivity index (χ0n) is 29.5. The first-order valence-electron chi connectivity index (χ1n) is 17.6. The molecule has 5 unspecified atom stereocenters. The van der Waals surface area contributed by atoms with Crippen LogP contribution in [0.15, 0.2) is 30.4 Å². The van der Waals surface area contributed by atoms with Gasteiger partial charge < -0.3 is 30.2 Å². The molecule has 1 aromatic heterocycles. The van der Waals surface area contributed by atoms with E-state index in [0.717, 1.165) is 31.2 Å². The summed E-state index contributed by atoms with van der Waals surface area (Å²) in [6.07, 6.45) is 8.12. The van der Waals surface area contributed by atoms with Gasteiger partial charge in [-0.05, 0) is 78.4 Å². The lowest BCUT2D eigenvalue weighted by atomic mass is 10.1. The quantitative estimate of drug-likeness (QED) is 0.344. The van der Waals surface area contributed by atoms with Gasteiger partial charge in [0.15, 0.2) is 0 Å². The molecule has 272 valence electrons.